The number of nitrogens with one attached hydrogen (secondary N) is 1. The molecular formula is C16H18FN3OS. The van der Waals surface area contributed by atoms with Gasteiger partial charge in [0.25, 0.3) is 0 Å². The van der Waals surface area contributed by atoms with E-state index < -0.39 is 5.82 Å². The van der Waals surface area contributed by atoms with Crippen LogP contribution >= 0.6 is 11.9 Å². The van der Waals surface area contributed by atoms with Crippen LogP contribution in [0.25, 0.3) is 0 Å². The highest BCUT2D eigenvalue weighted by Gasteiger charge is 2.57. The maximum atomic E-state index is 13.6. The molecule has 0 bridgehead atoms. The maximum absolute atomic E-state index is 13.6. The molecule has 2 fully saturated rings. The number of carbonyl (C=O) groups is 1. The first-order valence-corrected chi connectivity index (χ1v) is 8.16. The number of nitrogens with two attached hydrogens (primary N) is 1. The highest BCUT2D eigenvalue weighted by Crippen LogP contribution is 2.64. The smallest absolute Gasteiger partial charge is 0.236 e. The predicted octanol–water partition coefficient (Wildman–Crippen LogP) is 3.37. The van der Waals surface area contributed by atoms with Gasteiger partial charge < -0.3 is 5.73 Å². The van der Waals surface area contributed by atoms with Gasteiger partial charge in [0, 0.05) is 10.3 Å². The van der Waals surface area contributed by atoms with Crippen molar-refractivity contribution < 1.29 is 9.18 Å². The van der Waals surface area contributed by atoms with Gasteiger partial charge in [-0.2, -0.15) is 5.26 Å². The maximum Gasteiger partial charge on any atom is 0.236 e. The quantitative estimate of drug-likeness (QED) is 0.661. The number of halogens is 1. The zero-order chi connectivity index (χ0) is 16.0. The summed E-state index contributed by atoms with van der Waals surface area (Å²) >= 11 is 1.04. The third-order valence-electron chi connectivity index (χ3n) is 4.98. The van der Waals surface area contributed by atoms with E-state index in [4.69, 9.17) is 11.0 Å². The highest BCUT2D eigenvalue weighted by molar-refractivity contribution is 7.98. The van der Waals surface area contributed by atoms with Gasteiger partial charge in [0.05, 0.1) is 11.3 Å². The number of carbonyl (C=O) groups excluding carboxylic acids is 1. The molecule has 2 aliphatic rings. The number of amides is 1. The lowest BCUT2D eigenvalue weighted by molar-refractivity contribution is -0.150. The Morgan fingerprint density at radius 2 is 2.14 bits per heavy atom. The van der Waals surface area contributed by atoms with Crippen molar-refractivity contribution in [2.75, 3.05) is 5.73 Å². The summed E-state index contributed by atoms with van der Waals surface area (Å²) in [7, 11) is 0. The molecule has 0 unspecified atom stereocenters. The van der Waals surface area contributed by atoms with Gasteiger partial charge in [-0.05, 0) is 55.2 Å². The van der Waals surface area contributed by atoms with Gasteiger partial charge in [0.15, 0.2) is 0 Å². The number of nitrogen functional groups attached to an aromatic ring is 1. The lowest BCUT2D eigenvalue weighted by atomic mass is 9.46. The first-order valence-electron chi connectivity index (χ1n) is 7.34. The predicted molar refractivity (Wildman–Crippen MR) is 83.2 cm³/mol. The molecule has 0 atom stereocenters. The third kappa shape index (κ3) is 2.44. The lowest BCUT2D eigenvalue weighted by Crippen LogP contribution is -2.55. The molecule has 0 aromatic heterocycles. The first kappa shape index (κ1) is 15.2. The van der Waals surface area contributed by atoms with E-state index in [2.05, 4.69) is 4.72 Å². The van der Waals surface area contributed by atoms with Crippen LogP contribution in [0.1, 0.15) is 44.6 Å². The Kier molecular flexibility index (Phi) is 3.56. The fourth-order valence-corrected chi connectivity index (χ4v) is 4.56. The van der Waals surface area contributed by atoms with Crippen LogP contribution in [0, 0.1) is 28.0 Å². The minimum atomic E-state index is -0.640. The van der Waals surface area contributed by atoms with Crippen molar-refractivity contribution in [1.82, 2.24) is 4.72 Å². The summed E-state index contributed by atoms with van der Waals surface area (Å²) in [6.07, 6.45) is 5.61. The van der Waals surface area contributed by atoms with Crippen molar-refractivity contribution in [3.63, 3.8) is 0 Å². The Labute approximate surface area is 133 Å². The summed E-state index contributed by atoms with van der Waals surface area (Å²) in [6.45, 7) is 1.98. The van der Waals surface area contributed by atoms with Crippen LogP contribution in [0.15, 0.2) is 17.0 Å². The first-order chi connectivity index (χ1) is 10.4. The molecule has 0 heterocycles. The number of nitrogens with zero attached hydrogens (tertiary/aromatic N) is 1. The molecule has 22 heavy (non-hydrogen) atoms. The Balaban J connectivity index is 1.62. The number of rotatable bonds is 3. The number of anilines is 1. The molecule has 3 rings (SSSR count). The van der Waals surface area contributed by atoms with Gasteiger partial charge in [-0.25, -0.2) is 4.39 Å². The van der Waals surface area contributed by atoms with E-state index >= 15 is 0 Å². The molecule has 1 spiro atoms. The second kappa shape index (κ2) is 5.17. The molecule has 116 valence electrons. The molecular weight excluding hydrogens is 301 g/mol. The average molecular weight is 319 g/mol. The largest absolute Gasteiger partial charge is 0.395 e. The third-order valence-corrected chi connectivity index (χ3v) is 5.74. The standard InChI is InChI=1S/C16H18FN3OS/c1-15(8-16(9-15)3-2-4-16)14(21)20-22-11-5-10(7-18)13(19)12(17)6-11/h5-6H,2-4,8-9,19H2,1H3,(H,20,21). The van der Waals surface area contributed by atoms with Gasteiger partial charge in [-0.15, -0.1) is 0 Å². The monoisotopic (exact) mass is 319 g/mol. The Hall–Kier alpha value is -1.74. The molecule has 4 nitrogen and oxygen atoms in total. The van der Waals surface area contributed by atoms with Crippen molar-refractivity contribution in [2.45, 2.75) is 43.9 Å². The van der Waals surface area contributed by atoms with Crippen LogP contribution in [0.4, 0.5) is 10.1 Å². The summed E-state index contributed by atoms with van der Waals surface area (Å²) in [4.78, 5) is 12.8. The summed E-state index contributed by atoms with van der Waals surface area (Å²) in [5.74, 6) is -0.662. The van der Waals surface area contributed by atoms with Crippen LogP contribution in [-0.2, 0) is 4.79 Å². The number of nitriles is 1. The minimum Gasteiger partial charge on any atom is -0.395 e. The molecule has 0 aliphatic heterocycles. The van der Waals surface area contributed by atoms with Gasteiger partial charge >= 0.3 is 0 Å². The summed E-state index contributed by atoms with van der Waals surface area (Å²) in [5.41, 5.74) is 5.50. The molecule has 1 aromatic carbocycles. The van der Waals surface area contributed by atoms with Gasteiger partial charge in [0.2, 0.25) is 5.91 Å². The molecule has 6 heteroatoms. The van der Waals surface area contributed by atoms with Crippen LogP contribution in [0.5, 0.6) is 0 Å². The normalized spacial score (nSPS) is 20.6. The number of hydrogen-bond acceptors (Lipinski definition) is 4. The molecule has 3 N–H and O–H groups in total. The lowest BCUT2D eigenvalue weighted by Gasteiger charge is -2.58. The van der Waals surface area contributed by atoms with E-state index in [0.717, 1.165) is 24.8 Å². The second-order valence-corrected chi connectivity index (χ2v) is 7.66. The van der Waals surface area contributed by atoms with E-state index in [0.29, 0.717) is 10.3 Å². The van der Waals surface area contributed by atoms with Crippen LogP contribution < -0.4 is 10.5 Å². The van der Waals surface area contributed by atoms with Crippen LogP contribution in [0.3, 0.4) is 0 Å². The van der Waals surface area contributed by atoms with Crippen molar-refractivity contribution in [3.8, 4) is 6.07 Å². The molecule has 0 radical (unpaired) electrons. The zero-order valence-corrected chi connectivity index (χ0v) is 13.2. The summed E-state index contributed by atoms with van der Waals surface area (Å²) in [6, 6.07) is 4.57. The Morgan fingerprint density at radius 3 is 2.68 bits per heavy atom. The number of hydrogen-bond donors (Lipinski definition) is 2. The highest BCUT2D eigenvalue weighted by atomic mass is 32.2. The van der Waals surface area contributed by atoms with Crippen LogP contribution in [0.2, 0.25) is 0 Å². The molecule has 0 saturated heterocycles. The zero-order valence-electron chi connectivity index (χ0n) is 12.4. The van der Waals surface area contributed by atoms with E-state index in [-0.39, 0.29) is 22.6 Å². The molecule has 2 aliphatic carbocycles. The Bertz CT molecular complexity index is 671. The minimum absolute atomic E-state index is 0.0224. The van der Waals surface area contributed by atoms with E-state index in [1.54, 1.807) is 0 Å². The van der Waals surface area contributed by atoms with Crippen LogP contribution in [-0.4, -0.2) is 5.91 Å². The second-order valence-electron chi connectivity index (χ2n) is 6.78. The fourth-order valence-electron chi connectivity index (χ4n) is 3.77. The van der Waals surface area contributed by atoms with Gasteiger partial charge in [-0.1, -0.05) is 13.3 Å². The fraction of sp³-hybridized carbons (Fsp3) is 0.500. The van der Waals surface area contributed by atoms with E-state index in [1.807, 2.05) is 13.0 Å². The van der Waals surface area contributed by atoms with Crippen molar-refractivity contribution in [1.29, 1.82) is 5.26 Å². The summed E-state index contributed by atoms with van der Waals surface area (Å²) < 4.78 is 16.4. The molecule has 2 saturated carbocycles. The van der Waals surface area contributed by atoms with Crippen molar-refractivity contribution >= 4 is 23.5 Å². The van der Waals surface area contributed by atoms with Crippen molar-refractivity contribution in [2.24, 2.45) is 10.8 Å². The summed E-state index contributed by atoms with van der Waals surface area (Å²) in [5, 5.41) is 8.92. The van der Waals surface area contributed by atoms with Gasteiger partial charge in [0.1, 0.15) is 11.9 Å². The molecule has 1 amide bonds. The van der Waals surface area contributed by atoms with E-state index in [1.165, 1.54) is 31.4 Å². The Morgan fingerprint density at radius 1 is 1.45 bits per heavy atom. The average Bonchev–Trinajstić information content (AvgIpc) is 2.42. The van der Waals surface area contributed by atoms with E-state index in [9.17, 15) is 9.18 Å². The number of benzene rings is 1. The van der Waals surface area contributed by atoms with Crippen molar-refractivity contribution in [3.05, 3.63) is 23.5 Å². The SMILES string of the molecule is CC1(C(=O)NSc2cc(F)c(N)c(C#N)c2)CC2(CCC2)C1. The van der Waals surface area contributed by atoms with Gasteiger partial charge in [-0.3, -0.25) is 9.52 Å². The molecule has 1 aromatic rings. The topological polar surface area (TPSA) is 78.9 Å².